The number of halogens is 1. The average Bonchev–Trinajstić information content (AvgIpc) is 4.10. The van der Waals surface area contributed by atoms with Gasteiger partial charge in [0.1, 0.15) is 52.6 Å². The van der Waals surface area contributed by atoms with E-state index >= 15 is 0 Å². The van der Waals surface area contributed by atoms with Gasteiger partial charge in [-0.25, -0.2) is 22.8 Å². The van der Waals surface area contributed by atoms with Gasteiger partial charge in [0.05, 0.1) is 45.7 Å². The molecule has 1 fully saturated rings. The first kappa shape index (κ1) is 53.0. The van der Waals surface area contributed by atoms with Crippen LogP contribution in [0, 0.1) is 18.2 Å². The summed E-state index contributed by atoms with van der Waals surface area (Å²) < 4.78 is 47.4. The van der Waals surface area contributed by atoms with E-state index in [1.807, 2.05) is 31.2 Å². The number of aromatic nitrogens is 4. The lowest BCUT2D eigenvalue weighted by Gasteiger charge is -2.35. The molecule has 7 rings (SSSR count). The van der Waals surface area contributed by atoms with Gasteiger partial charge in [-0.2, -0.15) is 5.10 Å². The zero-order chi connectivity index (χ0) is 52.8. The number of aliphatic hydroxyl groups is 1. The summed E-state index contributed by atoms with van der Waals surface area (Å²) in [6.07, 6.45) is -0.382. The van der Waals surface area contributed by atoms with Crippen LogP contribution in [0.5, 0.6) is 5.75 Å². The van der Waals surface area contributed by atoms with Gasteiger partial charge < -0.3 is 41.7 Å². The number of likely N-dealkylation sites (tertiary alicyclic amines) is 1. The van der Waals surface area contributed by atoms with Crippen molar-refractivity contribution in [3.8, 4) is 27.4 Å². The Kier molecular flexibility index (Phi) is 16.2. The number of ether oxygens (including phenoxy) is 1. The molecule has 4 heterocycles. The summed E-state index contributed by atoms with van der Waals surface area (Å²) in [6, 6.07) is 18.5. The number of amides is 5. The number of benzene rings is 3. The number of thiazole rings is 1. The molecule has 73 heavy (non-hydrogen) atoms. The molecule has 3 aromatic carbocycles. The maximum Gasteiger partial charge on any atom is 0.254 e. The summed E-state index contributed by atoms with van der Waals surface area (Å²) in [4.78, 5) is 78.0. The van der Waals surface area contributed by atoms with Crippen molar-refractivity contribution in [1.82, 2.24) is 41.0 Å². The first-order valence-electron chi connectivity index (χ1n) is 23.1. The monoisotopic (exact) mass is 1040 g/mol. The van der Waals surface area contributed by atoms with Crippen molar-refractivity contribution in [3.05, 3.63) is 124 Å². The summed E-state index contributed by atoms with van der Waals surface area (Å²) in [5.74, 6) is -3.60. The standard InChI is InChI=1S/C50H56FN11O9S2/c1-7-73(69,70)61-36-18-14-32(20-38(36)71-28(3)30-12-16-34(51)17-13-30)42-41(45(52)65)46(60-59-42)57-39-19-15-33(23-53-39)47(66)55-24-40(64)58-44(50(4,5)6)49(68)62-25-35(63)21-37(62)48(67)54-22-29-8-10-31(11-9-29)43-27(2)56-26-72-43/h8-20,23,26,28,35,37,44,61,63H,7,21-22,24-25H2,1-6H3,(H2,52,65)(H,54,67)(H,55,66)(H,58,64)(H2,53,57,59,60)/t28-,35+,37-,44+/m1/s1. The van der Waals surface area contributed by atoms with Crippen molar-refractivity contribution in [1.29, 1.82) is 0 Å². The fourth-order valence-corrected chi connectivity index (χ4v) is 9.41. The van der Waals surface area contributed by atoms with Crippen LogP contribution in [-0.2, 0) is 31.0 Å². The molecule has 20 nitrogen and oxygen atoms in total. The van der Waals surface area contributed by atoms with Crippen LogP contribution in [0.15, 0.2) is 90.6 Å². The maximum atomic E-state index is 14.1. The maximum absolute atomic E-state index is 14.1. The summed E-state index contributed by atoms with van der Waals surface area (Å²) in [5.41, 5.74) is 10.7. The lowest BCUT2D eigenvalue weighted by molar-refractivity contribution is -0.143. The Hall–Kier alpha value is -7.76. The average molecular weight is 1040 g/mol. The molecule has 6 aromatic rings. The van der Waals surface area contributed by atoms with E-state index in [2.05, 4.69) is 46.2 Å². The number of H-pyrrole nitrogens is 1. The molecular formula is C50H56FN11O9S2. The predicted molar refractivity (Wildman–Crippen MR) is 273 cm³/mol. The topological polar surface area (TPSA) is 293 Å². The quantitative estimate of drug-likeness (QED) is 0.0510. The van der Waals surface area contributed by atoms with E-state index in [-0.39, 0.29) is 65.2 Å². The van der Waals surface area contributed by atoms with E-state index in [0.717, 1.165) is 21.7 Å². The molecule has 23 heteroatoms. The summed E-state index contributed by atoms with van der Waals surface area (Å²) >= 11 is 1.54. The molecule has 1 saturated heterocycles. The number of aryl methyl sites for hydroxylation is 1. The van der Waals surface area contributed by atoms with Crippen LogP contribution >= 0.6 is 11.3 Å². The lowest BCUT2D eigenvalue weighted by atomic mass is 9.85. The Balaban J connectivity index is 0.967. The Morgan fingerprint density at radius 1 is 0.986 bits per heavy atom. The number of pyridine rings is 1. The van der Waals surface area contributed by atoms with Gasteiger partial charge in [-0.05, 0) is 79.3 Å². The third-order valence-electron chi connectivity index (χ3n) is 12.0. The third kappa shape index (κ3) is 13.0. The van der Waals surface area contributed by atoms with Gasteiger partial charge >= 0.3 is 0 Å². The fourth-order valence-electron chi connectivity index (χ4n) is 7.95. The number of carbonyl (C=O) groups is 5. The van der Waals surface area contributed by atoms with Crippen molar-refractivity contribution in [2.24, 2.45) is 11.1 Å². The number of primary amides is 1. The van der Waals surface area contributed by atoms with Gasteiger partial charge in [0.15, 0.2) is 0 Å². The van der Waals surface area contributed by atoms with Crippen LogP contribution in [0.3, 0.4) is 0 Å². The van der Waals surface area contributed by atoms with E-state index in [0.29, 0.717) is 11.1 Å². The fraction of sp³-hybridized carbons (Fsp3) is 0.320. The summed E-state index contributed by atoms with van der Waals surface area (Å²) in [5, 5.41) is 28.7. The van der Waals surface area contributed by atoms with Crippen LogP contribution in [0.2, 0.25) is 0 Å². The lowest BCUT2D eigenvalue weighted by Crippen LogP contribution is -2.58. The van der Waals surface area contributed by atoms with Gasteiger partial charge in [-0.1, -0.05) is 63.2 Å². The number of nitrogens with one attached hydrogen (secondary N) is 6. The van der Waals surface area contributed by atoms with Crippen LogP contribution < -0.4 is 36.5 Å². The molecule has 9 N–H and O–H groups in total. The predicted octanol–water partition coefficient (Wildman–Crippen LogP) is 5.33. The Morgan fingerprint density at radius 3 is 2.33 bits per heavy atom. The second-order valence-corrected chi connectivity index (χ2v) is 21.3. The van der Waals surface area contributed by atoms with Gasteiger partial charge in [0, 0.05) is 31.3 Å². The number of hydrogen-bond donors (Lipinski definition) is 8. The van der Waals surface area contributed by atoms with E-state index in [9.17, 15) is 41.9 Å². The first-order chi connectivity index (χ1) is 34.6. The Bertz CT molecular complexity index is 3110. The number of rotatable bonds is 19. The highest BCUT2D eigenvalue weighted by Gasteiger charge is 2.44. The van der Waals surface area contributed by atoms with Crippen LogP contribution in [0.25, 0.3) is 21.7 Å². The largest absolute Gasteiger partial charge is 0.484 e. The van der Waals surface area contributed by atoms with Crippen LogP contribution in [0.1, 0.15) is 84.7 Å². The number of nitrogens with two attached hydrogens (primary N) is 1. The Morgan fingerprint density at radius 2 is 1.70 bits per heavy atom. The highest BCUT2D eigenvalue weighted by Crippen LogP contribution is 2.37. The smallest absolute Gasteiger partial charge is 0.254 e. The summed E-state index contributed by atoms with van der Waals surface area (Å²) in [7, 11) is -3.74. The molecular weight excluding hydrogens is 982 g/mol. The molecule has 4 atom stereocenters. The van der Waals surface area contributed by atoms with Crippen LogP contribution in [-0.4, -0.2) is 105 Å². The first-order valence-corrected chi connectivity index (χ1v) is 25.6. The molecule has 0 saturated carbocycles. The molecule has 0 unspecified atom stereocenters. The van der Waals surface area contributed by atoms with Gasteiger partial charge in [-0.15, -0.1) is 11.3 Å². The molecule has 5 amide bonds. The number of hydrogen-bond acceptors (Lipinski definition) is 14. The van der Waals surface area contributed by atoms with Crippen LogP contribution in [0.4, 0.5) is 21.7 Å². The molecule has 0 bridgehead atoms. The molecule has 1 aliphatic heterocycles. The molecule has 0 spiro atoms. The van der Waals surface area contributed by atoms with Crippen molar-refractivity contribution in [2.75, 3.05) is 28.9 Å². The zero-order valence-corrected chi connectivity index (χ0v) is 42.4. The zero-order valence-electron chi connectivity index (χ0n) is 40.8. The number of carbonyl (C=O) groups excluding carboxylic acids is 5. The van der Waals surface area contributed by atoms with E-state index in [4.69, 9.17) is 10.5 Å². The number of anilines is 3. The second kappa shape index (κ2) is 22.3. The number of sulfonamides is 1. The molecule has 384 valence electrons. The molecule has 0 radical (unpaired) electrons. The van der Waals surface area contributed by atoms with Gasteiger partial charge in [0.25, 0.3) is 11.8 Å². The highest BCUT2D eigenvalue weighted by atomic mass is 32.2. The van der Waals surface area contributed by atoms with Crippen molar-refractivity contribution < 1.29 is 46.6 Å². The minimum atomic E-state index is -3.74. The number of nitrogens with zero attached hydrogens (tertiary/aromatic N) is 4. The summed E-state index contributed by atoms with van der Waals surface area (Å²) in [6.45, 7) is 9.91. The third-order valence-corrected chi connectivity index (χ3v) is 14.2. The Labute approximate surface area is 424 Å². The van der Waals surface area contributed by atoms with Crippen molar-refractivity contribution >= 4 is 68.2 Å². The molecule has 3 aromatic heterocycles. The van der Waals surface area contributed by atoms with E-state index < -0.39 is 81.6 Å². The highest BCUT2D eigenvalue weighted by molar-refractivity contribution is 7.92. The van der Waals surface area contributed by atoms with E-state index in [1.54, 1.807) is 33.2 Å². The van der Waals surface area contributed by atoms with E-state index in [1.165, 1.54) is 84.0 Å². The van der Waals surface area contributed by atoms with Gasteiger partial charge in [0.2, 0.25) is 27.7 Å². The SMILES string of the molecule is CCS(=O)(=O)Nc1ccc(-c2n[nH]c(Nc3ccc(C(=O)NCC(=O)N[C@@H](C(=O)N4C[C@@H](O)C[C@@H]4C(=O)NCc4ccc(-c5scnc5C)cc4)C(C)(C)C)cn3)c2C(N)=O)cc1O[C@H](C)c1ccc(F)cc1. The van der Waals surface area contributed by atoms with Crippen molar-refractivity contribution in [2.45, 2.75) is 78.8 Å². The molecule has 0 aliphatic carbocycles. The van der Waals surface area contributed by atoms with Gasteiger partial charge in [-0.3, -0.25) is 33.8 Å². The number of β-amino-alcohol motifs (C(OH)–C–C–N with tert-alkyl or cyclic N) is 1. The normalized spacial score (nSPS) is 15.5. The number of aromatic amines is 1. The minimum absolute atomic E-state index is 0.0146. The minimum Gasteiger partial charge on any atom is -0.484 e. The van der Waals surface area contributed by atoms with Crippen molar-refractivity contribution in [3.63, 3.8) is 0 Å². The second-order valence-electron chi connectivity index (χ2n) is 18.4. The molecule has 1 aliphatic rings. The number of aliphatic hydroxyl groups excluding tert-OH is 1.